The molecule has 0 aliphatic carbocycles. The number of alkyl halides is 1. The predicted octanol–water partition coefficient (Wildman–Crippen LogP) is 3.11. The second-order valence-corrected chi connectivity index (χ2v) is 6.83. The maximum Gasteiger partial charge on any atom is 0.251 e. The number of carbonyl (C=O) groups excluding carboxylic acids is 1. The molecule has 2 atom stereocenters. The highest BCUT2D eigenvalue weighted by Gasteiger charge is 2.23. The molecule has 0 saturated carbocycles. The molecule has 1 aliphatic heterocycles. The Morgan fingerprint density at radius 1 is 1.14 bits per heavy atom. The summed E-state index contributed by atoms with van der Waals surface area (Å²) in [7, 11) is 0. The van der Waals surface area contributed by atoms with Crippen LogP contribution in [0.15, 0.2) is 60.8 Å². The highest BCUT2D eigenvalue weighted by Crippen LogP contribution is 2.23. The van der Waals surface area contributed by atoms with Gasteiger partial charge in [-0.25, -0.2) is 13.5 Å². The topological polar surface area (TPSA) is 59.0 Å². The molecule has 4 rings (SSSR count). The summed E-state index contributed by atoms with van der Waals surface area (Å²) in [6.45, 7) is 0.740. The summed E-state index contributed by atoms with van der Waals surface area (Å²) < 4.78 is 28.1. The Morgan fingerprint density at radius 2 is 1.89 bits per heavy atom. The normalized spacial score (nSPS) is 18.9. The van der Waals surface area contributed by atoms with E-state index in [0.29, 0.717) is 25.1 Å². The van der Waals surface area contributed by atoms with E-state index >= 15 is 0 Å². The molecule has 2 heterocycles. The number of benzene rings is 2. The second-order valence-electron chi connectivity index (χ2n) is 6.83. The van der Waals surface area contributed by atoms with Gasteiger partial charge in [0, 0.05) is 30.3 Å². The fraction of sp³-hybridized carbons (Fsp3) is 0.238. The van der Waals surface area contributed by atoms with Gasteiger partial charge in [-0.15, -0.1) is 0 Å². The van der Waals surface area contributed by atoms with E-state index in [1.54, 1.807) is 47.3 Å². The molecule has 1 aromatic heterocycles. The number of nitrogens with zero attached hydrogens (tertiary/aromatic N) is 2. The van der Waals surface area contributed by atoms with Crippen molar-refractivity contribution in [3.05, 3.63) is 72.2 Å². The summed E-state index contributed by atoms with van der Waals surface area (Å²) in [6, 6.07) is 15.1. The quantitative estimate of drug-likeness (QED) is 0.713. The summed E-state index contributed by atoms with van der Waals surface area (Å²) in [5, 5.41) is 10.2. The van der Waals surface area contributed by atoms with Crippen molar-refractivity contribution >= 4 is 5.91 Å². The van der Waals surface area contributed by atoms with Crippen LogP contribution in [-0.2, 0) is 0 Å². The number of aromatic nitrogens is 2. The maximum absolute atomic E-state index is 13.2. The third-order valence-corrected chi connectivity index (χ3v) is 4.83. The Balaban J connectivity index is 1.46. The largest absolute Gasteiger partial charge is 0.350 e. The van der Waals surface area contributed by atoms with Crippen LogP contribution >= 0.6 is 0 Å². The third-order valence-electron chi connectivity index (χ3n) is 4.83. The molecule has 144 valence electrons. The molecule has 1 fully saturated rings. The molecule has 2 aromatic carbocycles. The van der Waals surface area contributed by atoms with Crippen LogP contribution in [0.3, 0.4) is 0 Å². The van der Waals surface area contributed by atoms with E-state index in [9.17, 15) is 13.6 Å². The first kappa shape index (κ1) is 18.3. The molecule has 0 spiro atoms. The molecular weight excluding hydrogens is 362 g/mol. The monoisotopic (exact) mass is 382 g/mol. The first-order chi connectivity index (χ1) is 13.6. The van der Waals surface area contributed by atoms with Crippen molar-refractivity contribution in [1.29, 1.82) is 0 Å². The first-order valence-electron chi connectivity index (χ1n) is 9.16. The molecule has 7 heteroatoms. The van der Waals surface area contributed by atoms with Gasteiger partial charge in [0.05, 0.1) is 17.6 Å². The lowest BCUT2D eigenvalue weighted by atomic mass is 10.1. The Morgan fingerprint density at radius 3 is 2.57 bits per heavy atom. The van der Waals surface area contributed by atoms with Crippen LogP contribution in [0.1, 0.15) is 16.8 Å². The van der Waals surface area contributed by atoms with E-state index < -0.39 is 6.17 Å². The molecular formula is C21H20F2N4O. The van der Waals surface area contributed by atoms with Crippen LogP contribution in [0, 0.1) is 5.82 Å². The fourth-order valence-electron chi connectivity index (χ4n) is 3.35. The van der Waals surface area contributed by atoms with E-state index in [1.807, 2.05) is 6.07 Å². The minimum absolute atomic E-state index is 0.0273. The summed E-state index contributed by atoms with van der Waals surface area (Å²) in [4.78, 5) is 12.3. The van der Waals surface area contributed by atoms with E-state index in [-0.39, 0.29) is 17.8 Å². The highest BCUT2D eigenvalue weighted by molar-refractivity contribution is 5.94. The Kier molecular flexibility index (Phi) is 5.16. The number of halogens is 2. The molecule has 0 radical (unpaired) electrons. The summed E-state index contributed by atoms with van der Waals surface area (Å²) in [5.41, 5.74) is 2.98. The molecule has 5 nitrogen and oxygen atoms in total. The smallest absolute Gasteiger partial charge is 0.251 e. The lowest BCUT2D eigenvalue weighted by Crippen LogP contribution is -2.37. The molecule has 0 unspecified atom stereocenters. The minimum Gasteiger partial charge on any atom is -0.350 e. The standard InChI is InChI=1S/C21H20F2N4O/c22-16-5-1-14(2-6-16)20-9-10-26-27(20)19-7-3-15(4-8-19)21(28)25-13-18-11-17(23)12-24-18/h1-10,17-18,24H,11-13H2,(H,25,28)/t17-,18-/m0/s1. The number of carbonyl (C=O) groups is 1. The number of nitrogens with one attached hydrogen (secondary N) is 2. The Hall–Kier alpha value is -3.06. The number of amides is 1. The summed E-state index contributed by atoms with van der Waals surface area (Å²) in [5.74, 6) is -0.491. The van der Waals surface area contributed by atoms with Crippen molar-refractivity contribution in [2.24, 2.45) is 0 Å². The molecule has 3 aromatic rings. The lowest BCUT2D eigenvalue weighted by molar-refractivity contribution is 0.0950. The van der Waals surface area contributed by atoms with Gasteiger partial charge >= 0.3 is 0 Å². The van der Waals surface area contributed by atoms with Gasteiger partial charge in [0.2, 0.25) is 0 Å². The van der Waals surface area contributed by atoms with Crippen molar-refractivity contribution in [3.63, 3.8) is 0 Å². The molecule has 2 N–H and O–H groups in total. The van der Waals surface area contributed by atoms with Crippen molar-refractivity contribution in [2.45, 2.75) is 18.6 Å². The van der Waals surface area contributed by atoms with Gasteiger partial charge in [-0.3, -0.25) is 4.79 Å². The lowest BCUT2D eigenvalue weighted by Gasteiger charge is -2.12. The predicted molar refractivity (Wildman–Crippen MR) is 103 cm³/mol. The zero-order valence-electron chi connectivity index (χ0n) is 15.1. The van der Waals surface area contributed by atoms with Gasteiger partial charge in [-0.1, -0.05) is 0 Å². The van der Waals surface area contributed by atoms with Gasteiger partial charge in [0.15, 0.2) is 0 Å². The van der Waals surface area contributed by atoms with Gasteiger partial charge in [0.25, 0.3) is 5.91 Å². The van der Waals surface area contributed by atoms with E-state index in [4.69, 9.17) is 0 Å². The number of hydrogen-bond donors (Lipinski definition) is 2. The Labute approximate surface area is 161 Å². The maximum atomic E-state index is 13.2. The van der Waals surface area contributed by atoms with Crippen LogP contribution < -0.4 is 10.6 Å². The summed E-state index contributed by atoms with van der Waals surface area (Å²) >= 11 is 0. The van der Waals surface area contributed by atoms with Crippen LogP contribution in [-0.4, -0.2) is 41.0 Å². The second kappa shape index (κ2) is 7.90. The molecule has 28 heavy (non-hydrogen) atoms. The van der Waals surface area contributed by atoms with E-state index in [0.717, 1.165) is 16.9 Å². The zero-order chi connectivity index (χ0) is 19.5. The average molecular weight is 382 g/mol. The summed E-state index contributed by atoms with van der Waals surface area (Å²) in [6.07, 6.45) is 1.25. The molecule has 1 aliphatic rings. The zero-order valence-corrected chi connectivity index (χ0v) is 15.1. The van der Waals surface area contributed by atoms with Gasteiger partial charge in [0.1, 0.15) is 12.0 Å². The molecule has 1 amide bonds. The molecule has 0 bridgehead atoms. The SMILES string of the molecule is O=C(NC[C@@H]1C[C@H](F)CN1)c1ccc(-n2nccc2-c2ccc(F)cc2)cc1. The highest BCUT2D eigenvalue weighted by atomic mass is 19.1. The van der Waals surface area contributed by atoms with Gasteiger partial charge < -0.3 is 10.6 Å². The first-order valence-corrected chi connectivity index (χ1v) is 9.16. The number of rotatable bonds is 5. The van der Waals surface area contributed by atoms with Crippen LogP contribution in [0.4, 0.5) is 8.78 Å². The minimum atomic E-state index is -0.842. The van der Waals surface area contributed by atoms with Crippen molar-refractivity contribution < 1.29 is 13.6 Å². The van der Waals surface area contributed by atoms with Crippen LogP contribution in [0.25, 0.3) is 16.9 Å². The van der Waals surface area contributed by atoms with Crippen LogP contribution in [0.2, 0.25) is 0 Å². The van der Waals surface area contributed by atoms with E-state index in [2.05, 4.69) is 15.7 Å². The van der Waals surface area contributed by atoms with Crippen molar-refractivity contribution in [2.75, 3.05) is 13.1 Å². The Bertz CT molecular complexity index is 953. The van der Waals surface area contributed by atoms with Crippen molar-refractivity contribution in [1.82, 2.24) is 20.4 Å². The average Bonchev–Trinajstić information content (AvgIpc) is 3.36. The van der Waals surface area contributed by atoms with Gasteiger partial charge in [-0.05, 0) is 61.0 Å². The van der Waals surface area contributed by atoms with Gasteiger partial charge in [-0.2, -0.15) is 5.10 Å². The van der Waals surface area contributed by atoms with E-state index in [1.165, 1.54) is 12.1 Å². The van der Waals surface area contributed by atoms with Crippen LogP contribution in [0.5, 0.6) is 0 Å². The third kappa shape index (κ3) is 3.94. The van der Waals surface area contributed by atoms with Crippen molar-refractivity contribution in [3.8, 4) is 16.9 Å². The molecule has 1 saturated heterocycles. The number of hydrogen-bond acceptors (Lipinski definition) is 3. The fourth-order valence-corrected chi connectivity index (χ4v) is 3.35.